The van der Waals surface area contributed by atoms with Crippen LogP contribution in [0.15, 0.2) is 0 Å². The molecule has 14 heteroatoms. The molecule has 3 atom stereocenters. The molecule has 3 amide bonds. The van der Waals surface area contributed by atoms with Crippen LogP contribution in [0.5, 0.6) is 0 Å². The summed E-state index contributed by atoms with van der Waals surface area (Å²) in [5, 5.41) is 15.6. The van der Waals surface area contributed by atoms with Crippen LogP contribution in [0.2, 0.25) is 0 Å². The van der Waals surface area contributed by atoms with Crippen LogP contribution in [-0.4, -0.2) is 90.2 Å². The molecule has 205 valence electrons. The van der Waals surface area contributed by atoms with E-state index in [0.717, 1.165) is 14.0 Å². The fourth-order valence-corrected chi connectivity index (χ4v) is 3.88. The van der Waals surface area contributed by atoms with Gasteiger partial charge in [-0.2, -0.15) is 0 Å². The average molecular weight is 600 g/mol. The topological polar surface area (TPSA) is 130 Å². The number of alkyl halides is 4. The van der Waals surface area contributed by atoms with Gasteiger partial charge in [0.1, 0.15) is 6.04 Å². The number of aliphatic hydroxyl groups excluding tert-OH is 1. The van der Waals surface area contributed by atoms with Gasteiger partial charge in [0.2, 0.25) is 23.5 Å². The molecule has 0 aromatic rings. The normalized spacial score (nSPS) is 26.6. The van der Waals surface area contributed by atoms with E-state index < -0.39 is 64.9 Å². The summed E-state index contributed by atoms with van der Waals surface area (Å²) in [5.74, 6) is -8.27. The number of ketones is 1. The number of carbonyl (C=O) groups is 4. The Hall–Kier alpha value is -1.18. The van der Waals surface area contributed by atoms with Gasteiger partial charge in [0.05, 0.1) is 12.0 Å². The van der Waals surface area contributed by atoms with Gasteiger partial charge in [0, 0.05) is 66.3 Å². The van der Waals surface area contributed by atoms with Crippen molar-refractivity contribution in [3.63, 3.8) is 0 Å². The molecule has 1 saturated carbocycles. The molecule has 2 aliphatic heterocycles. The van der Waals surface area contributed by atoms with Crippen molar-refractivity contribution in [2.45, 2.75) is 82.8 Å². The number of likely N-dealkylation sites (N-methyl/N-ethyl adjacent to an activating group) is 1. The molecular weight excluding hydrogens is 565 g/mol. The maximum atomic E-state index is 14.2. The number of carbonyl (C=O) groups excluding carboxylic acids is 4. The van der Waals surface area contributed by atoms with Crippen molar-refractivity contribution in [1.82, 2.24) is 15.5 Å². The minimum absolute atomic E-state index is 0. The number of nitrogens with one attached hydrogen (secondary N) is 2. The first-order valence-electron chi connectivity index (χ1n) is 11.3. The van der Waals surface area contributed by atoms with Crippen LogP contribution in [0.1, 0.15) is 53.4 Å². The Morgan fingerprint density at radius 2 is 1.64 bits per heavy atom. The molecule has 3 N–H and O–H groups in total. The van der Waals surface area contributed by atoms with Gasteiger partial charge < -0.3 is 26.0 Å². The molecule has 2 saturated heterocycles. The summed E-state index contributed by atoms with van der Waals surface area (Å²) < 4.78 is 51.3. The molecule has 1 spiro atoms. The van der Waals surface area contributed by atoms with E-state index in [1.807, 2.05) is 0 Å². The van der Waals surface area contributed by atoms with Gasteiger partial charge in [-0.15, -0.1) is 5.54 Å². The third-order valence-corrected chi connectivity index (χ3v) is 6.53. The van der Waals surface area contributed by atoms with Crippen LogP contribution in [0, 0.1) is 5.41 Å². The van der Waals surface area contributed by atoms with E-state index in [2.05, 4.69) is 16.0 Å². The van der Waals surface area contributed by atoms with Gasteiger partial charge in [-0.1, -0.05) is 26.8 Å². The van der Waals surface area contributed by atoms with Gasteiger partial charge in [0.15, 0.2) is 0 Å². The maximum absolute atomic E-state index is 14.2. The van der Waals surface area contributed by atoms with Crippen molar-refractivity contribution in [2.24, 2.45) is 5.41 Å². The van der Waals surface area contributed by atoms with Crippen LogP contribution in [0.3, 0.4) is 0 Å². The molecule has 9 nitrogen and oxygen atoms in total. The molecule has 36 heavy (non-hydrogen) atoms. The summed E-state index contributed by atoms with van der Waals surface area (Å²) in [6.45, 7) is 5.13. The van der Waals surface area contributed by atoms with Crippen LogP contribution < -0.4 is 10.6 Å². The minimum atomic E-state index is -2.94. The number of hydrogen-bond donors (Lipinski definition) is 3. The molecule has 0 aromatic heterocycles. The van der Waals surface area contributed by atoms with E-state index in [1.54, 1.807) is 13.8 Å². The molecule has 3 fully saturated rings. The van der Waals surface area contributed by atoms with Crippen molar-refractivity contribution in [3.05, 3.63) is 5.32 Å². The Morgan fingerprint density at radius 1 is 1.14 bits per heavy atom. The number of nitrogens with zero attached hydrogens (tertiary/aromatic N) is 2. The third kappa shape index (κ3) is 8.16. The molecule has 0 aromatic carbocycles. The van der Waals surface area contributed by atoms with E-state index in [4.69, 9.17) is 5.11 Å². The standard InChI is InChI=1S/C17H23F2N4O4.C4H8F2.CH4O.Y/c1-15(2)11(22-15)14(27)23-8-16(4-5-17(16,18)19)6-9(23)12(25)21-7-10(24)13(26)20-3;1-3-4(2,5)6;1-2;/h9,11H,4-8H2,1-3H3,(H,20,26)(H,21,25);3H2,1-2H3;2H,1H3;/q-1;;;/t9?,11-,16?;;;/m1.../s1. The zero-order chi connectivity index (χ0) is 27.4. The first-order chi connectivity index (χ1) is 16.0. The minimum Gasteiger partial charge on any atom is -0.648 e. The largest absolute Gasteiger partial charge is 0.648 e. The molecule has 1 aliphatic carbocycles. The zero-order valence-corrected chi connectivity index (χ0v) is 24.3. The number of aliphatic hydroxyl groups is 1. The molecule has 2 heterocycles. The zero-order valence-electron chi connectivity index (χ0n) is 21.5. The molecule has 3 aliphatic rings. The average Bonchev–Trinajstić information content (AvgIpc) is 3.23. The second kappa shape index (κ2) is 13.1. The number of hydrogen-bond acceptors (Lipinski definition) is 5. The summed E-state index contributed by atoms with van der Waals surface area (Å²) >= 11 is 0. The summed E-state index contributed by atoms with van der Waals surface area (Å²) in [7, 11) is 2.28. The van der Waals surface area contributed by atoms with Crippen LogP contribution in [-0.2, 0) is 51.9 Å². The quantitative estimate of drug-likeness (QED) is 0.243. The maximum Gasteiger partial charge on any atom is 0.289 e. The van der Waals surface area contributed by atoms with Crippen LogP contribution in [0.25, 0.3) is 5.32 Å². The molecule has 2 unspecified atom stereocenters. The van der Waals surface area contributed by atoms with Gasteiger partial charge in [-0.3, -0.25) is 19.2 Å². The van der Waals surface area contributed by atoms with E-state index in [1.165, 1.54) is 18.9 Å². The van der Waals surface area contributed by atoms with Gasteiger partial charge >= 0.3 is 0 Å². The Balaban J connectivity index is 0.00000120. The fraction of sp³-hybridized carbons (Fsp3) is 0.818. The van der Waals surface area contributed by atoms with E-state index in [9.17, 15) is 36.7 Å². The Labute approximate surface area is 233 Å². The second-order valence-electron chi connectivity index (χ2n) is 9.50. The van der Waals surface area contributed by atoms with Gasteiger partial charge in [-0.05, 0) is 19.8 Å². The Morgan fingerprint density at radius 3 is 1.97 bits per heavy atom. The number of rotatable bonds is 6. The van der Waals surface area contributed by atoms with Crippen molar-refractivity contribution in [1.29, 1.82) is 0 Å². The Kier molecular flexibility index (Phi) is 12.6. The second-order valence-corrected chi connectivity index (χ2v) is 9.50. The number of amides is 3. The summed E-state index contributed by atoms with van der Waals surface area (Å²) in [6, 6.07) is -1.75. The fourth-order valence-electron chi connectivity index (χ4n) is 3.88. The Bertz CT molecular complexity index is 825. The van der Waals surface area contributed by atoms with Crippen molar-refractivity contribution >= 4 is 23.5 Å². The molecule has 0 bridgehead atoms. The SMILES string of the molecule is CCC(C)(F)F.CNC(=O)C(=O)CNC(=O)C1CC2(CCC2(F)F)CN1C(=O)[C@H]1[N-]C1(C)C.CO.[Y]. The summed E-state index contributed by atoms with van der Waals surface area (Å²) in [5.41, 5.74) is -1.97. The van der Waals surface area contributed by atoms with Crippen molar-refractivity contribution < 1.29 is 74.6 Å². The van der Waals surface area contributed by atoms with Crippen LogP contribution in [0.4, 0.5) is 17.6 Å². The predicted octanol–water partition coefficient (Wildman–Crippen LogP) is 1.63. The van der Waals surface area contributed by atoms with E-state index in [0.29, 0.717) is 0 Å². The van der Waals surface area contributed by atoms with E-state index >= 15 is 0 Å². The molecule has 3 rings (SSSR count). The summed E-state index contributed by atoms with van der Waals surface area (Å²) in [6.07, 6.45) is -0.264. The van der Waals surface area contributed by atoms with Gasteiger partial charge in [-0.25, -0.2) is 17.6 Å². The predicted molar refractivity (Wildman–Crippen MR) is 119 cm³/mol. The number of Topliss-reactive ketones (excluding diaryl/α,β-unsaturated/α-hetero) is 1. The number of halogens is 4. The van der Waals surface area contributed by atoms with E-state index in [-0.39, 0.29) is 64.9 Å². The first-order valence-corrected chi connectivity index (χ1v) is 11.3. The first kappa shape index (κ1) is 34.8. The monoisotopic (exact) mass is 600 g/mol. The van der Waals surface area contributed by atoms with Crippen molar-refractivity contribution in [3.8, 4) is 0 Å². The molecule has 1 radical (unpaired) electrons. The van der Waals surface area contributed by atoms with Gasteiger partial charge in [0.25, 0.3) is 11.8 Å². The van der Waals surface area contributed by atoms with Crippen LogP contribution >= 0.6 is 0 Å². The smallest absolute Gasteiger partial charge is 0.289 e. The molecular formula is C22H35F4N4O5Y-. The summed E-state index contributed by atoms with van der Waals surface area (Å²) in [4.78, 5) is 49.3. The third-order valence-electron chi connectivity index (χ3n) is 6.53. The van der Waals surface area contributed by atoms with Crippen molar-refractivity contribution in [2.75, 3.05) is 27.2 Å². The number of likely N-dealkylation sites (tertiary alicyclic amines) is 1.